The molecule has 0 aliphatic carbocycles. The van der Waals surface area contributed by atoms with Gasteiger partial charge >= 0.3 is 0 Å². The average Bonchev–Trinajstić information content (AvgIpc) is 2.39. The van der Waals surface area contributed by atoms with Crippen LogP contribution in [0.2, 0.25) is 10.2 Å². The first-order valence-electron chi connectivity index (χ1n) is 5.65. The summed E-state index contributed by atoms with van der Waals surface area (Å²) in [7, 11) is 0. The molecule has 0 spiro atoms. The average molecular weight is 313 g/mol. The second kappa shape index (κ2) is 6.07. The highest BCUT2D eigenvalue weighted by molar-refractivity contribution is 6.34. The lowest BCUT2D eigenvalue weighted by molar-refractivity contribution is -0.385. The SMILES string of the molecule is Cc1c(OCc2cnc(Cl)cc2Cl)cccc1[N+](=O)[O-]. The third kappa shape index (κ3) is 3.18. The summed E-state index contributed by atoms with van der Waals surface area (Å²) in [5.74, 6) is 0.435. The van der Waals surface area contributed by atoms with E-state index in [1.54, 1.807) is 19.1 Å². The lowest BCUT2D eigenvalue weighted by Crippen LogP contribution is -2.00. The van der Waals surface area contributed by atoms with Crippen molar-refractivity contribution in [1.29, 1.82) is 0 Å². The summed E-state index contributed by atoms with van der Waals surface area (Å²) in [4.78, 5) is 14.3. The molecule has 7 heteroatoms. The van der Waals surface area contributed by atoms with Gasteiger partial charge in [-0.25, -0.2) is 4.98 Å². The number of nitro benzene ring substituents is 1. The first kappa shape index (κ1) is 14.6. The number of benzene rings is 1. The maximum absolute atomic E-state index is 10.8. The zero-order valence-corrected chi connectivity index (χ0v) is 12.0. The fourth-order valence-electron chi connectivity index (χ4n) is 1.65. The Labute approximate surface area is 125 Å². The van der Waals surface area contributed by atoms with Gasteiger partial charge in [-0.1, -0.05) is 29.3 Å². The molecule has 2 rings (SSSR count). The van der Waals surface area contributed by atoms with Crippen LogP contribution in [0.5, 0.6) is 5.75 Å². The highest BCUT2D eigenvalue weighted by Crippen LogP contribution is 2.28. The molecule has 0 aliphatic heterocycles. The molecule has 0 bridgehead atoms. The Bertz CT molecular complexity index is 662. The highest BCUT2D eigenvalue weighted by atomic mass is 35.5. The van der Waals surface area contributed by atoms with Crippen LogP contribution in [0, 0.1) is 17.0 Å². The van der Waals surface area contributed by atoms with Gasteiger partial charge in [0.15, 0.2) is 0 Å². The molecular weight excluding hydrogens is 303 g/mol. The maximum atomic E-state index is 10.8. The molecule has 0 atom stereocenters. The predicted octanol–water partition coefficient (Wildman–Crippen LogP) is 4.18. The Morgan fingerprint density at radius 1 is 1.40 bits per heavy atom. The molecule has 20 heavy (non-hydrogen) atoms. The Hall–Kier alpha value is -1.85. The van der Waals surface area contributed by atoms with Gasteiger partial charge in [0.2, 0.25) is 0 Å². The number of halogens is 2. The van der Waals surface area contributed by atoms with E-state index in [1.165, 1.54) is 18.3 Å². The molecule has 5 nitrogen and oxygen atoms in total. The van der Waals surface area contributed by atoms with Crippen LogP contribution >= 0.6 is 23.2 Å². The Morgan fingerprint density at radius 2 is 2.15 bits per heavy atom. The Balaban J connectivity index is 2.19. The standard InChI is InChI=1S/C13H10Cl2N2O3/c1-8-11(17(18)19)3-2-4-12(8)20-7-9-6-16-13(15)5-10(9)14/h2-6H,7H2,1H3. The van der Waals surface area contributed by atoms with Crippen LogP contribution in [-0.4, -0.2) is 9.91 Å². The van der Waals surface area contributed by atoms with E-state index in [1.807, 2.05) is 0 Å². The van der Waals surface area contributed by atoms with Crippen LogP contribution in [0.15, 0.2) is 30.5 Å². The zero-order valence-electron chi connectivity index (χ0n) is 10.5. The summed E-state index contributed by atoms with van der Waals surface area (Å²) in [6, 6.07) is 6.18. The molecule has 0 fully saturated rings. The van der Waals surface area contributed by atoms with Crippen molar-refractivity contribution in [3.05, 3.63) is 61.9 Å². The molecule has 0 amide bonds. The molecule has 0 unspecified atom stereocenters. The predicted molar refractivity (Wildman–Crippen MR) is 76.4 cm³/mol. The van der Waals surface area contributed by atoms with Crippen molar-refractivity contribution < 1.29 is 9.66 Å². The van der Waals surface area contributed by atoms with Gasteiger partial charge in [-0.15, -0.1) is 0 Å². The summed E-state index contributed by atoms with van der Waals surface area (Å²) >= 11 is 11.7. The van der Waals surface area contributed by atoms with Gasteiger partial charge in [0, 0.05) is 17.8 Å². The number of hydrogen-bond acceptors (Lipinski definition) is 4. The Morgan fingerprint density at radius 3 is 2.80 bits per heavy atom. The number of rotatable bonds is 4. The van der Waals surface area contributed by atoms with Crippen molar-refractivity contribution in [3.8, 4) is 5.75 Å². The van der Waals surface area contributed by atoms with Gasteiger partial charge < -0.3 is 4.74 Å². The number of pyridine rings is 1. The van der Waals surface area contributed by atoms with Crippen LogP contribution in [-0.2, 0) is 6.61 Å². The minimum Gasteiger partial charge on any atom is -0.488 e. The Kier molecular flexibility index (Phi) is 4.42. The van der Waals surface area contributed by atoms with E-state index < -0.39 is 4.92 Å². The largest absolute Gasteiger partial charge is 0.488 e. The summed E-state index contributed by atoms with van der Waals surface area (Å²) in [6.45, 7) is 1.79. The summed E-state index contributed by atoms with van der Waals surface area (Å²) in [5.41, 5.74) is 1.14. The molecule has 2 aromatic rings. The molecule has 0 aliphatic rings. The van der Waals surface area contributed by atoms with E-state index in [0.717, 1.165) is 0 Å². The summed E-state index contributed by atoms with van der Waals surface area (Å²) < 4.78 is 5.56. The monoisotopic (exact) mass is 312 g/mol. The van der Waals surface area contributed by atoms with E-state index in [9.17, 15) is 10.1 Å². The molecule has 0 radical (unpaired) electrons. The zero-order chi connectivity index (χ0) is 14.7. The van der Waals surface area contributed by atoms with Crippen LogP contribution < -0.4 is 4.74 Å². The molecule has 1 aromatic heterocycles. The first-order chi connectivity index (χ1) is 9.49. The van der Waals surface area contributed by atoms with E-state index in [2.05, 4.69) is 4.98 Å². The van der Waals surface area contributed by atoms with Crippen LogP contribution in [0.25, 0.3) is 0 Å². The minimum absolute atomic E-state index is 0.0165. The van der Waals surface area contributed by atoms with Gasteiger partial charge in [-0.3, -0.25) is 10.1 Å². The van der Waals surface area contributed by atoms with Crippen molar-refractivity contribution in [3.63, 3.8) is 0 Å². The normalized spacial score (nSPS) is 10.3. The van der Waals surface area contributed by atoms with Crippen molar-refractivity contribution in [2.24, 2.45) is 0 Å². The maximum Gasteiger partial charge on any atom is 0.276 e. The number of ether oxygens (including phenoxy) is 1. The van der Waals surface area contributed by atoms with E-state index in [0.29, 0.717) is 27.1 Å². The fraction of sp³-hybridized carbons (Fsp3) is 0.154. The third-order valence-electron chi connectivity index (χ3n) is 2.73. The quantitative estimate of drug-likeness (QED) is 0.482. The summed E-state index contributed by atoms with van der Waals surface area (Å²) in [5, 5.41) is 11.6. The second-order valence-corrected chi connectivity index (χ2v) is 4.84. The fourth-order valence-corrected chi connectivity index (χ4v) is 2.07. The van der Waals surface area contributed by atoms with Gasteiger partial charge in [-0.2, -0.15) is 0 Å². The molecule has 0 saturated carbocycles. The van der Waals surface area contributed by atoms with Crippen LogP contribution in [0.3, 0.4) is 0 Å². The third-order valence-corrected chi connectivity index (χ3v) is 3.29. The van der Waals surface area contributed by atoms with Crippen molar-refractivity contribution in [1.82, 2.24) is 4.98 Å². The van der Waals surface area contributed by atoms with Crippen molar-refractivity contribution in [2.75, 3.05) is 0 Å². The number of nitro groups is 1. The molecular formula is C13H10Cl2N2O3. The lowest BCUT2D eigenvalue weighted by Gasteiger charge is -2.10. The van der Waals surface area contributed by atoms with Gasteiger partial charge in [0.1, 0.15) is 17.5 Å². The number of aromatic nitrogens is 1. The topological polar surface area (TPSA) is 65.3 Å². The smallest absolute Gasteiger partial charge is 0.276 e. The van der Waals surface area contributed by atoms with E-state index in [4.69, 9.17) is 27.9 Å². The molecule has 1 heterocycles. The number of nitrogens with zero attached hydrogens (tertiary/aromatic N) is 2. The molecule has 0 saturated heterocycles. The minimum atomic E-state index is -0.445. The van der Waals surface area contributed by atoms with Crippen molar-refractivity contribution in [2.45, 2.75) is 13.5 Å². The second-order valence-electron chi connectivity index (χ2n) is 4.04. The van der Waals surface area contributed by atoms with Gasteiger partial charge in [-0.05, 0) is 19.1 Å². The van der Waals surface area contributed by atoms with E-state index >= 15 is 0 Å². The molecule has 0 N–H and O–H groups in total. The lowest BCUT2D eigenvalue weighted by atomic mass is 10.2. The van der Waals surface area contributed by atoms with Crippen LogP contribution in [0.4, 0.5) is 5.69 Å². The van der Waals surface area contributed by atoms with E-state index in [-0.39, 0.29) is 12.3 Å². The van der Waals surface area contributed by atoms with Crippen molar-refractivity contribution >= 4 is 28.9 Å². The summed E-state index contributed by atoms with van der Waals surface area (Å²) in [6.07, 6.45) is 1.51. The first-order valence-corrected chi connectivity index (χ1v) is 6.41. The number of hydrogen-bond donors (Lipinski definition) is 0. The van der Waals surface area contributed by atoms with Crippen LogP contribution in [0.1, 0.15) is 11.1 Å². The van der Waals surface area contributed by atoms with Gasteiger partial charge in [0.05, 0.1) is 15.5 Å². The van der Waals surface area contributed by atoms with Gasteiger partial charge in [0.25, 0.3) is 5.69 Å². The molecule has 1 aromatic carbocycles. The highest BCUT2D eigenvalue weighted by Gasteiger charge is 2.14. The molecule has 104 valence electrons.